The van der Waals surface area contributed by atoms with E-state index in [1.54, 1.807) is 0 Å². The molecule has 0 radical (unpaired) electrons. The third-order valence-corrected chi connectivity index (χ3v) is 3.73. The van der Waals surface area contributed by atoms with Crippen LogP contribution in [0.5, 0.6) is 0 Å². The van der Waals surface area contributed by atoms with Gasteiger partial charge in [0.1, 0.15) is 0 Å². The molecule has 0 amide bonds. The minimum Gasteiger partial charge on any atom is -0.392 e. The molecule has 1 unspecified atom stereocenters. The molecule has 1 heterocycles. The second-order valence-electron chi connectivity index (χ2n) is 5.26. The Morgan fingerprint density at radius 3 is 2.31 bits per heavy atom. The molecule has 4 heteroatoms. The largest absolute Gasteiger partial charge is 0.392 e. The van der Waals surface area contributed by atoms with Crippen LogP contribution in [0.3, 0.4) is 0 Å². The summed E-state index contributed by atoms with van der Waals surface area (Å²) in [6.07, 6.45) is 3.40. The Balaban J connectivity index is 1.57. The fraction of sp³-hybridized carbons (Fsp3) is 1.00. The van der Waals surface area contributed by atoms with Gasteiger partial charge in [0.15, 0.2) is 0 Å². The van der Waals surface area contributed by atoms with E-state index < -0.39 is 0 Å². The van der Waals surface area contributed by atoms with E-state index in [1.165, 1.54) is 32.5 Å². The maximum atomic E-state index is 9.41. The first-order chi connectivity index (χ1) is 7.78. The van der Waals surface area contributed by atoms with Crippen LogP contribution in [0.15, 0.2) is 0 Å². The Hall–Kier alpha value is -0.160. The number of hydrogen-bond acceptors (Lipinski definition) is 4. The maximum Gasteiger partial charge on any atom is 0.0674 e. The van der Waals surface area contributed by atoms with Crippen LogP contribution in [-0.4, -0.2) is 66.8 Å². The van der Waals surface area contributed by atoms with E-state index >= 15 is 0 Å². The molecule has 0 spiro atoms. The van der Waals surface area contributed by atoms with E-state index in [4.69, 9.17) is 5.73 Å². The molecule has 2 aliphatic rings. The highest BCUT2D eigenvalue weighted by molar-refractivity contribution is 4.80. The molecular weight excluding hydrogens is 202 g/mol. The zero-order chi connectivity index (χ0) is 11.4. The first-order valence-corrected chi connectivity index (χ1v) is 6.61. The number of rotatable bonds is 6. The molecule has 1 atom stereocenters. The molecule has 2 rings (SSSR count). The molecule has 16 heavy (non-hydrogen) atoms. The SMILES string of the molecule is NCC(O)CCN1CCN(CC2CC2)CC1. The Morgan fingerprint density at radius 1 is 1.12 bits per heavy atom. The van der Waals surface area contributed by atoms with Crippen molar-refractivity contribution in [1.29, 1.82) is 0 Å². The lowest BCUT2D eigenvalue weighted by atomic mass is 10.2. The Kier molecular flexibility index (Phi) is 4.58. The quantitative estimate of drug-likeness (QED) is 0.655. The monoisotopic (exact) mass is 227 g/mol. The minimum absolute atomic E-state index is 0.315. The van der Waals surface area contributed by atoms with Crippen molar-refractivity contribution in [2.24, 2.45) is 11.7 Å². The topological polar surface area (TPSA) is 52.7 Å². The van der Waals surface area contributed by atoms with Gasteiger partial charge in [0, 0.05) is 45.8 Å². The summed E-state index contributed by atoms with van der Waals surface area (Å²) >= 11 is 0. The normalized spacial score (nSPS) is 25.9. The van der Waals surface area contributed by atoms with Gasteiger partial charge < -0.3 is 20.6 Å². The molecule has 2 fully saturated rings. The lowest BCUT2D eigenvalue weighted by Crippen LogP contribution is -2.47. The van der Waals surface area contributed by atoms with Gasteiger partial charge in [0.05, 0.1) is 6.10 Å². The lowest BCUT2D eigenvalue weighted by molar-refractivity contribution is 0.103. The summed E-state index contributed by atoms with van der Waals surface area (Å²) in [5, 5.41) is 9.41. The van der Waals surface area contributed by atoms with Gasteiger partial charge in [-0.15, -0.1) is 0 Å². The number of aliphatic hydroxyl groups is 1. The molecule has 94 valence electrons. The van der Waals surface area contributed by atoms with Crippen LogP contribution >= 0.6 is 0 Å². The molecule has 3 N–H and O–H groups in total. The van der Waals surface area contributed by atoms with E-state index in [0.717, 1.165) is 32.0 Å². The zero-order valence-electron chi connectivity index (χ0n) is 10.1. The predicted octanol–water partition coefficient (Wildman–Crippen LogP) is -0.276. The van der Waals surface area contributed by atoms with Crippen molar-refractivity contribution in [1.82, 2.24) is 9.80 Å². The number of nitrogens with zero attached hydrogens (tertiary/aromatic N) is 2. The predicted molar refractivity (Wildman–Crippen MR) is 65.3 cm³/mol. The third-order valence-electron chi connectivity index (χ3n) is 3.73. The Bertz CT molecular complexity index is 200. The fourth-order valence-electron chi connectivity index (χ4n) is 2.31. The van der Waals surface area contributed by atoms with Crippen LogP contribution in [0.2, 0.25) is 0 Å². The van der Waals surface area contributed by atoms with Crippen LogP contribution in [-0.2, 0) is 0 Å². The van der Waals surface area contributed by atoms with Crippen LogP contribution in [0, 0.1) is 5.92 Å². The highest BCUT2D eigenvalue weighted by Gasteiger charge is 2.26. The first kappa shape index (κ1) is 12.3. The van der Waals surface area contributed by atoms with Crippen LogP contribution in [0.25, 0.3) is 0 Å². The summed E-state index contributed by atoms with van der Waals surface area (Å²) in [7, 11) is 0. The molecule has 1 aliphatic carbocycles. The van der Waals surface area contributed by atoms with Gasteiger partial charge in [-0.2, -0.15) is 0 Å². The number of hydrogen-bond donors (Lipinski definition) is 2. The van der Waals surface area contributed by atoms with Crippen molar-refractivity contribution in [3.05, 3.63) is 0 Å². The van der Waals surface area contributed by atoms with E-state index in [9.17, 15) is 5.11 Å². The zero-order valence-corrected chi connectivity index (χ0v) is 10.1. The molecule has 0 aromatic carbocycles. The van der Waals surface area contributed by atoms with Gasteiger partial charge in [-0.3, -0.25) is 0 Å². The van der Waals surface area contributed by atoms with Crippen molar-refractivity contribution in [2.75, 3.05) is 45.8 Å². The second-order valence-corrected chi connectivity index (χ2v) is 5.26. The van der Waals surface area contributed by atoms with Crippen molar-refractivity contribution in [3.8, 4) is 0 Å². The van der Waals surface area contributed by atoms with Gasteiger partial charge in [-0.05, 0) is 25.2 Å². The smallest absolute Gasteiger partial charge is 0.0674 e. The van der Waals surface area contributed by atoms with Crippen LogP contribution < -0.4 is 5.73 Å². The average molecular weight is 227 g/mol. The van der Waals surface area contributed by atoms with E-state index in [1.807, 2.05) is 0 Å². The molecule has 4 nitrogen and oxygen atoms in total. The standard InChI is InChI=1S/C12H25N3O/c13-9-12(16)3-4-14-5-7-15(8-6-14)10-11-1-2-11/h11-12,16H,1-10,13H2. The second kappa shape index (κ2) is 5.96. The average Bonchev–Trinajstić information content (AvgIpc) is 3.11. The summed E-state index contributed by atoms with van der Waals surface area (Å²) in [5.41, 5.74) is 5.39. The maximum absolute atomic E-state index is 9.41. The van der Waals surface area contributed by atoms with Crippen LogP contribution in [0.1, 0.15) is 19.3 Å². The van der Waals surface area contributed by atoms with Crippen LogP contribution in [0.4, 0.5) is 0 Å². The highest BCUT2D eigenvalue weighted by atomic mass is 16.3. The van der Waals surface area contributed by atoms with Gasteiger partial charge >= 0.3 is 0 Å². The molecule has 1 aliphatic heterocycles. The summed E-state index contributed by atoms with van der Waals surface area (Å²) < 4.78 is 0. The summed E-state index contributed by atoms with van der Waals surface area (Å²) in [4.78, 5) is 5.04. The summed E-state index contributed by atoms with van der Waals surface area (Å²) in [6, 6.07) is 0. The van der Waals surface area contributed by atoms with Gasteiger partial charge in [-0.25, -0.2) is 0 Å². The number of aliphatic hydroxyl groups excluding tert-OH is 1. The van der Waals surface area contributed by atoms with Crippen molar-refractivity contribution < 1.29 is 5.11 Å². The molecular formula is C12H25N3O. The van der Waals surface area contributed by atoms with E-state index in [2.05, 4.69) is 9.80 Å². The lowest BCUT2D eigenvalue weighted by Gasteiger charge is -2.35. The minimum atomic E-state index is -0.315. The molecule has 1 saturated heterocycles. The highest BCUT2D eigenvalue weighted by Crippen LogP contribution is 2.29. The van der Waals surface area contributed by atoms with Crippen molar-refractivity contribution >= 4 is 0 Å². The van der Waals surface area contributed by atoms with Gasteiger partial charge in [-0.1, -0.05) is 0 Å². The van der Waals surface area contributed by atoms with E-state index in [0.29, 0.717) is 6.54 Å². The number of piperazine rings is 1. The summed E-state index contributed by atoms with van der Waals surface area (Å²) in [5.74, 6) is 1.01. The third kappa shape index (κ3) is 4.01. The number of nitrogens with two attached hydrogens (primary N) is 1. The van der Waals surface area contributed by atoms with Gasteiger partial charge in [0.25, 0.3) is 0 Å². The van der Waals surface area contributed by atoms with Gasteiger partial charge in [0.2, 0.25) is 0 Å². The first-order valence-electron chi connectivity index (χ1n) is 6.61. The molecule has 0 bridgehead atoms. The molecule has 0 aromatic heterocycles. The van der Waals surface area contributed by atoms with Crippen molar-refractivity contribution in [3.63, 3.8) is 0 Å². The Morgan fingerprint density at radius 2 is 1.75 bits per heavy atom. The molecule has 1 saturated carbocycles. The van der Waals surface area contributed by atoms with Crippen molar-refractivity contribution in [2.45, 2.75) is 25.4 Å². The van der Waals surface area contributed by atoms with E-state index in [-0.39, 0.29) is 6.10 Å². The molecule has 0 aromatic rings. The summed E-state index contributed by atoms with van der Waals surface area (Å²) in [6.45, 7) is 7.43. The fourth-order valence-corrected chi connectivity index (χ4v) is 2.31. The Labute approximate surface area is 98.4 Å².